The van der Waals surface area contributed by atoms with Gasteiger partial charge in [-0.2, -0.15) is 0 Å². The highest BCUT2D eigenvalue weighted by molar-refractivity contribution is 5.97. The van der Waals surface area contributed by atoms with Crippen molar-refractivity contribution in [1.82, 2.24) is 4.90 Å². The third-order valence-corrected chi connectivity index (χ3v) is 5.01. The number of benzene rings is 1. The maximum atomic E-state index is 12.8. The number of carbonyl (C=O) groups excluding carboxylic acids is 1. The molecule has 1 rings (SSSR count). The summed E-state index contributed by atoms with van der Waals surface area (Å²) in [5.74, 6) is 0.746. The minimum atomic E-state index is -0.786. The number of hydrogen-bond donors (Lipinski definition) is 1. The number of rotatable bonds is 15. The lowest BCUT2D eigenvalue weighted by Crippen LogP contribution is -2.43. The van der Waals surface area contributed by atoms with E-state index in [0.717, 1.165) is 63.2 Å². The van der Waals surface area contributed by atoms with E-state index in [1.807, 2.05) is 31.2 Å². The first-order chi connectivity index (χ1) is 13.5. The largest absolute Gasteiger partial charge is 0.494 e. The van der Waals surface area contributed by atoms with Crippen molar-refractivity contribution in [3.63, 3.8) is 0 Å². The maximum absolute atomic E-state index is 12.8. The molecule has 0 bridgehead atoms. The molecule has 0 heterocycles. The summed E-state index contributed by atoms with van der Waals surface area (Å²) in [7, 11) is 0. The van der Waals surface area contributed by atoms with Crippen LogP contribution in [-0.2, 0) is 9.53 Å². The van der Waals surface area contributed by atoms with Crippen molar-refractivity contribution in [2.75, 3.05) is 38.2 Å². The van der Waals surface area contributed by atoms with E-state index in [0.29, 0.717) is 13.2 Å². The van der Waals surface area contributed by atoms with E-state index in [-0.39, 0.29) is 5.91 Å². The molecule has 0 fully saturated rings. The van der Waals surface area contributed by atoms with Crippen molar-refractivity contribution in [2.24, 2.45) is 0 Å². The summed E-state index contributed by atoms with van der Waals surface area (Å²) in [4.78, 5) is 15.2. The van der Waals surface area contributed by atoms with Gasteiger partial charge in [-0.3, -0.25) is 4.79 Å². The number of anilines is 1. The SMILES string of the molecule is CCCCC(C)(OCCC)C(=O)Nc1ccc(OCCCN(CC)CC)cc1. The zero-order valence-corrected chi connectivity index (χ0v) is 18.6. The van der Waals surface area contributed by atoms with Crippen molar-refractivity contribution in [1.29, 1.82) is 0 Å². The summed E-state index contributed by atoms with van der Waals surface area (Å²) in [6.45, 7) is 14.9. The summed E-state index contributed by atoms with van der Waals surface area (Å²) in [5.41, 5.74) is -0.0191. The third-order valence-electron chi connectivity index (χ3n) is 5.01. The second kappa shape index (κ2) is 13.6. The van der Waals surface area contributed by atoms with Gasteiger partial charge >= 0.3 is 0 Å². The molecule has 0 aliphatic heterocycles. The molecule has 0 spiro atoms. The average Bonchev–Trinajstić information content (AvgIpc) is 2.72. The molecule has 1 atom stereocenters. The number of ether oxygens (including phenoxy) is 2. The van der Waals surface area contributed by atoms with Crippen LogP contribution in [0, 0.1) is 0 Å². The molecule has 1 unspecified atom stereocenters. The Bertz CT molecular complexity index is 533. The van der Waals surface area contributed by atoms with Crippen LogP contribution in [0.5, 0.6) is 5.75 Å². The number of nitrogens with one attached hydrogen (secondary N) is 1. The van der Waals surface area contributed by atoms with Gasteiger partial charge in [0.25, 0.3) is 5.91 Å². The standard InChI is InChI=1S/C23H40N2O3/c1-6-10-16-23(5,28-18-7-2)22(26)24-20-12-14-21(15-13-20)27-19-11-17-25(8-3)9-4/h12-15H,6-11,16-19H2,1-5H3,(H,24,26). The van der Waals surface area contributed by atoms with Gasteiger partial charge in [-0.25, -0.2) is 0 Å². The fourth-order valence-electron chi connectivity index (χ4n) is 3.01. The first-order valence-electron chi connectivity index (χ1n) is 10.9. The molecule has 0 radical (unpaired) electrons. The van der Waals surface area contributed by atoms with Gasteiger partial charge in [0.1, 0.15) is 11.4 Å². The Labute approximate surface area is 171 Å². The molecule has 0 aliphatic rings. The minimum Gasteiger partial charge on any atom is -0.494 e. The van der Waals surface area contributed by atoms with E-state index >= 15 is 0 Å². The summed E-state index contributed by atoms with van der Waals surface area (Å²) >= 11 is 0. The first-order valence-corrected chi connectivity index (χ1v) is 10.9. The third kappa shape index (κ3) is 8.61. The van der Waals surface area contributed by atoms with Crippen molar-refractivity contribution < 1.29 is 14.3 Å². The average molecular weight is 393 g/mol. The Balaban J connectivity index is 2.54. The van der Waals surface area contributed by atoms with Gasteiger partial charge in [-0.05, 0) is 63.5 Å². The summed E-state index contributed by atoms with van der Waals surface area (Å²) in [6, 6.07) is 7.59. The molecule has 1 amide bonds. The predicted octanol–water partition coefficient (Wildman–Crippen LogP) is 5.11. The number of carbonyl (C=O) groups is 1. The molecule has 1 N–H and O–H groups in total. The molecule has 160 valence electrons. The van der Waals surface area contributed by atoms with Crippen LogP contribution < -0.4 is 10.1 Å². The monoisotopic (exact) mass is 392 g/mol. The van der Waals surface area contributed by atoms with Crippen LogP contribution in [0.3, 0.4) is 0 Å². The number of amides is 1. The lowest BCUT2D eigenvalue weighted by atomic mass is 9.97. The second-order valence-corrected chi connectivity index (χ2v) is 7.39. The van der Waals surface area contributed by atoms with Crippen LogP contribution >= 0.6 is 0 Å². The van der Waals surface area contributed by atoms with Crippen molar-refractivity contribution in [3.8, 4) is 5.75 Å². The van der Waals surface area contributed by atoms with Crippen molar-refractivity contribution in [3.05, 3.63) is 24.3 Å². The Morgan fingerprint density at radius 3 is 2.25 bits per heavy atom. The van der Waals surface area contributed by atoms with Crippen molar-refractivity contribution in [2.45, 2.75) is 72.3 Å². The van der Waals surface area contributed by atoms with Gasteiger partial charge in [0, 0.05) is 18.8 Å². The summed E-state index contributed by atoms with van der Waals surface area (Å²) in [5, 5.41) is 3.00. The normalized spacial score (nSPS) is 13.4. The zero-order chi connectivity index (χ0) is 20.8. The van der Waals surface area contributed by atoms with Gasteiger partial charge in [0.05, 0.1) is 6.61 Å². The second-order valence-electron chi connectivity index (χ2n) is 7.39. The highest BCUT2D eigenvalue weighted by Crippen LogP contribution is 2.23. The maximum Gasteiger partial charge on any atom is 0.256 e. The number of nitrogens with zero attached hydrogens (tertiary/aromatic N) is 1. The fourth-order valence-corrected chi connectivity index (χ4v) is 3.01. The lowest BCUT2D eigenvalue weighted by molar-refractivity contribution is -0.140. The van der Waals surface area contributed by atoms with Gasteiger partial charge < -0.3 is 19.7 Å². The van der Waals surface area contributed by atoms with Gasteiger partial charge in [0.2, 0.25) is 0 Å². The Kier molecular flexibility index (Phi) is 11.8. The molecule has 0 aromatic heterocycles. The first kappa shape index (κ1) is 24.4. The van der Waals surface area contributed by atoms with Crippen LogP contribution in [0.15, 0.2) is 24.3 Å². The van der Waals surface area contributed by atoms with Crippen molar-refractivity contribution >= 4 is 11.6 Å². The van der Waals surface area contributed by atoms with E-state index in [4.69, 9.17) is 9.47 Å². The highest BCUT2D eigenvalue weighted by atomic mass is 16.5. The smallest absolute Gasteiger partial charge is 0.256 e. The fraction of sp³-hybridized carbons (Fsp3) is 0.696. The van der Waals surface area contributed by atoms with Crippen LogP contribution in [0.4, 0.5) is 5.69 Å². The molecule has 0 saturated carbocycles. The molecule has 0 aliphatic carbocycles. The quantitative estimate of drug-likeness (QED) is 0.421. The summed E-state index contributed by atoms with van der Waals surface area (Å²) < 4.78 is 11.7. The van der Waals surface area contributed by atoms with Crippen LogP contribution in [0.1, 0.15) is 66.7 Å². The van der Waals surface area contributed by atoms with Crippen LogP contribution in [0.2, 0.25) is 0 Å². The molecule has 0 saturated heterocycles. The van der Waals surface area contributed by atoms with Gasteiger partial charge in [0.15, 0.2) is 0 Å². The zero-order valence-electron chi connectivity index (χ0n) is 18.6. The minimum absolute atomic E-state index is 0.0812. The molecule has 28 heavy (non-hydrogen) atoms. The van der Waals surface area contributed by atoms with E-state index in [9.17, 15) is 4.79 Å². The molecular weight excluding hydrogens is 352 g/mol. The highest BCUT2D eigenvalue weighted by Gasteiger charge is 2.33. The molecule has 5 nitrogen and oxygen atoms in total. The molecular formula is C23H40N2O3. The molecule has 5 heteroatoms. The molecule has 1 aromatic carbocycles. The predicted molar refractivity (Wildman–Crippen MR) is 117 cm³/mol. The number of unbranched alkanes of at least 4 members (excludes halogenated alkanes) is 1. The van der Waals surface area contributed by atoms with E-state index in [1.165, 1.54) is 0 Å². The van der Waals surface area contributed by atoms with E-state index in [2.05, 4.69) is 37.9 Å². The van der Waals surface area contributed by atoms with Gasteiger partial charge in [-0.1, -0.05) is 40.5 Å². The Hall–Kier alpha value is -1.59. The summed E-state index contributed by atoms with van der Waals surface area (Å²) in [6.07, 6.45) is 4.63. The van der Waals surface area contributed by atoms with Crippen LogP contribution in [-0.4, -0.2) is 49.3 Å². The lowest BCUT2D eigenvalue weighted by Gasteiger charge is -2.28. The topological polar surface area (TPSA) is 50.8 Å². The van der Waals surface area contributed by atoms with Gasteiger partial charge in [-0.15, -0.1) is 0 Å². The van der Waals surface area contributed by atoms with E-state index in [1.54, 1.807) is 0 Å². The Morgan fingerprint density at radius 1 is 1.00 bits per heavy atom. The van der Waals surface area contributed by atoms with E-state index < -0.39 is 5.60 Å². The Morgan fingerprint density at radius 2 is 1.68 bits per heavy atom. The molecule has 1 aromatic rings. The van der Waals surface area contributed by atoms with Crippen LogP contribution in [0.25, 0.3) is 0 Å². The number of hydrogen-bond acceptors (Lipinski definition) is 4.